The Morgan fingerprint density at radius 1 is 0.923 bits per heavy atom. The molecule has 1 fully saturated rings. The molecule has 0 nitrogen and oxygen atoms in total. The van der Waals surface area contributed by atoms with Crippen LogP contribution in [0.4, 0.5) is 0 Å². The molecule has 3 atom stereocenters. The van der Waals surface area contributed by atoms with Crippen molar-refractivity contribution >= 4 is 0 Å². The molecule has 2 aliphatic rings. The summed E-state index contributed by atoms with van der Waals surface area (Å²) >= 11 is 1.73. The zero-order chi connectivity index (χ0) is 6.97. The summed E-state index contributed by atoms with van der Waals surface area (Å²) in [7, 11) is 0. The predicted molar refractivity (Wildman–Crippen MR) is 38.2 cm³/mol. The van der Waals surface area contributed by atoms with E-state index in [-0.39, 0.29) is 14.1 Å². The van der Waals surface area contributed by atoms with Gasteiger partial charge in [0.15, 0.2) is 0 Å². The first kappa shape index (κ1) is 15.6. The van der Waals surface area contributed by atoms with E-state index in [0.717, 1.165) is 15.5 Å². The van der Waals surface area contributed by atoms with Gasteiger partial charge in [-0.25, -0.2) is 0 Å². The van der Waals surface area contributed by atoms with E-state index in [1.807, 2.05) is 0 Å². The van der Waals surface area contributed by atoms with Gasteiger partial charge in [0.25, 0.3) is 0 Å². The van der Waals surface area contributed by atoms with Crippen LogP contribution in [-0.4, -0.2) is 0 Å². The second kappa shape index (κ2) is 6.58. The van der Waals surface area contributed by atoms with Crippen LogP contribution in [0, 0.1) is 11.8 Å². The SMILES string of the molecule is [F-].[F-].[F-].[Zr+3][CH]1CCC2C=CC=CC12. The molecule has 0 bridgehead atoms. The normalized spacial score (nSPS) is 33.8. The third kappa shape index (κ3) is 3.08. The summed E-state index contributed by atoms with van der Waals surface area (Å²) < 4.78 is 1.01. The molecule has 0 aliphatic heterocycles. The van der Waals surface area contributed by atoms with Crippen LogP contribution in [0.15, 0.2) is 24.3 Å². The third-order valence-corrected chi connectivity index (χ3v) is 4.23. The second-order valence-electron chi connectivity index (χ2n) is 3.19. The fourth-order valence-electron chi connectivity index (χ4n) is 1.96. The van der Waals surface area contributed by atoms with Gasteiger partial charge in [-0.15, -0.1) is 0 Å². The molecule has 72 valence electrons. The summed E-state index contributed by atoms with van der Waals surface area (Å²) in [5.41, 5.74) is 0. The first-order valence-electron chi connectivity index (χ1n) is 3.94. The monoisotopic (exact) mass is 266 g/mol. The van der Waals surface area contributed by atoms with E-state index >= 15 is 0 Å². The summed E-state index contributed by atoms with van der Waals surface area (Å²) in [5.74, 6) is 1.80. The molecule has 0 spiro atoms. The Hall–Kier alpha value is 0.153. The van der Waals surface area contributed by atoms with E-state index in [0.29, 0.717) is 0 Å². The van der Waals surface area contributed by atoms with Gasteiger partial charge in [0, 0.05) is 0 Å². The molecular weight excluding hydrogens is 256 g/mol. The van der Waals surface area contributed by atoms with Crippen molar-refractivity contribution in [2.75, 3.05) is 0 Å². The number of fused-ring (bicyclic) bond motifs is 1. The van der Waals surface area contributed by atoms with Crippen molar-refractivity contribution in [1.29, 1.82) is 0 Å². The van der Waals surface area contributed by atoms with E-state index in [1.54, 1.807) is 24.7 Å². The quantitative estimate of drug-likeness (QED) is 0.409. The minimum atomic E-state index is 0. The van der Waals surface area contributed by atoms with Crippen molar-refractivity contribution < 1.29 is 38.8 Å². The Labute approximate surface area is 91.4 Å². The topological polar surface area (TPSA) is 0 Å². The molecule has 0 aromatic rings. The maximum atomic E-state index is 2.40. The van der Waals surface area contributed by atoms with Crippen molar-refractivity contribution in [3.63, 3.8) is 0 Å². The van der Waals surface area contributed by atoms with Crippen molar-refractivity contribution in [3.8, 4) is 0 Å². The molecule has 1 saturated carbocycles. The van der Waals surface area contributed by atoms with Crippen LogP contribution >= 0.6 is 0 Å². The molecular formula is C9H11F3Zr. The van der Waals surface area contributed by atoms with Crippen LogP contribution in [0.5, 0.6) is 0 Å². The zero-order valence-corrected chi connectivity index (χ0v) is 9.55. The van der Waals surface area contributed by atoms with Gasteiger partial charge in [-0.1, -0.05) is 0 Å². The molecule has 3 unspecified atom stereocenters. The number of rotatable bonds is 0. The van der Waals surface area contributed by atoms with Gasteiger partial charge in [0.05, 0.1) is 0 Å². The van der Waals surface area contributed by atoms with Crippen molar-refractivity contribution in [1.82, 2.24) is 0 Å². The van der Waals surface area contributed by atoms with E-state index in [2.05, 4.69) is 24.3 Å². The van der Waals surface area contributed by atoms with Gasteiger partial charge in [-0.05, 0) is 0 Å². The third-order valence-electron chi connectivity index (χ3n) is 2.57. The molecule has 4 heteroatoms. The Morgan fingerprint density at radius 3 is 2.15 bits per heavy atom. The molecule has 0 aromatic carbocycles. The van der Waals surface area contributed by atoms with E-state index in [4.69, 9.17) is 0 Å². The Morgan fingerprint density at radius 2 is 1.54 bits per heavy atom. The fourth-order valence-corrected chi connectivity index (χ4v) is 3.25. The number of halogens is 3. The molecule has 2 aliphatic carbocycles. The van der Waals surface area contributed by atoms with E-state index < -0.39 is 0 Å². The van der Waals surface area contributed by atoms with Gasteiger partial charge >= 0.3 is 77.3 Å². The van der Waals surface area contributed by atoms with Gasteiger partial charge in [0.1, 0.15) is 0 Å². The van der Waals surface area contributed by atoms with Crippen LogP contribution in [0.3, 0.4) is 0 Å². The Bertz CT molecular complexity index is 191. The molecule has 13 heavy (non-hydrogen) atoms. The number of hydrogen-bond acceptors (Lipinski definition) is 0. The van der Waals surface area contributed by atoms with Gasteiger partial charge in [-0.3, -0.25) is 0 Å². The van der Waals surface area contributed by atoms with Gasteiger partial charge in [0.2, 0.25) is 0 Å². The van der Waals surface area contributed by atoms with E-state index in [1.165, 1.54) is 12.8 Å². The van der Waals surface area contributed by atoms with Gasteiger partial charge in [-0.2, -0.15) is 0 Å². The summed E-state index contributed by atoms with van der Waals surface area (Å²) in [6, 6.07) is 0. The molecule has 0 N–H and O–H groups in total. The van der Waals surface area contributed by atoms with Crippen LogP contribution in [0.25, 0.3) is 0 Å². The number of allylic oxidation sites excluding steroid dienone is 4. The molecule has 0 amide bonds. The average Bonchev–Trinajstić information content (AvgIpc) is 2.34. The Kier molecular flexibility index (Phi) is 7.91. The average molecular weight is 267 g/mol. The number of hydrogen-bond donors (Lipinski definition) is 0. The van der Waals surface area contributed by atoms with E-state index in [9.17, 15) is 0 Å². The van der Waals surface area contributed by atoms with Crippen molar-refractivity contribution in [3.05, 3.63) is 24.3 Å². The minimum absolute atomic E-state index is 0. The van der Waals surface area contributed by atoms with Crippen molar-refractivity contribution in [2.45, 2.75) is 16.5 Å². The standard InChI is InChI=1S/C9H11.3FH.Zr/c1-2-5-9-7-3-6-8(9)4-1;;;;/h1-2,4-6,8-9H,3,7H2;3*1H;/q;;;;+3/p-3. The summed E-state index contributed by atoms with van der Waals surface area (Å²) in [6.45, 7) is 0. The van der Waals surface area contributed by atoms with Crippen LogP contribution in [-0.2, 0) is 24.7 Å². The predicted octanol–water partition coefficient (Wildman–Crippen LogP) is -6.51. The first-order valence-corrected chi connectivity index (χ1v) is 5.36. The maximum absolute atomic E-state index is 2.40. The van der Waals surface area contributed by atoms with Crippen LogP contribution in [0.1, 0.15) is 12.8 Å². The molecule has 0 heterocycles. The first-order chi connectivity index (χ1) is 4.88. The summed E-state index contributed by atoms with van der Waals surface area (Å²) in [5, 5.41) is 0. The summed E-state index contributed by atoms with van der Waals surface area (Å²) in [4.78, 5) is 0. The molecule has 0 aromatic heterocycles. The van der Waals surface area contributed by atoms with Crippen LogP contribution in [0.2, 0.25) is 3.63 Å². The second-order valence-corrected chi connectivity index (χ2v) is 5.02. The fraction of sp³-hybridized carbons (Fsp3) is 0.556. The summed E-state index contributed by atoms with van der Waals surface area (Å²) in [6.07, 6.45) is 12.1. The van der Waals surface area contributed by atoms with Crippen LogP contribution < -0.4 is 14.1 Å². The molecule has 2 rings (SSSR count). The van der Waals surface area contributed by atoms with Gasteiger partial charge < -0.3 is 14.1 Å². The zero-order valence-electron chi connectivity index (χ0n) is 7.09. The molecule has 0 saturated heterocycles. The Balaban J connectivity index is 0. The van der Waals surface area contributed by atoms with Crippen molar-refractivity contribution in [2.24, 2.45) is 11.8 Å². The molecule has 0 radical (unpaired) electrons.